The highest BCUT2D eigenvalue weighted by Gasteiger charge is 2.27. The molecule has 7 heteroatoms. The molecule has 1 aliphatic heterocycles. The van der Waals surface area contributed by atoms with E-state index in [9.17, 15) is 0 Å². The molecule has 2 aliphatic rings. The van der Waals surface area contributed by atoms with Crippen LogP contribution >= 0.6 is 0 Å². The van der Waals surface area contributed by atoms with Crippen LogP contribution in [-0.2, 0) is 6.54 Å². The zero-order valence-electron chi connectivity index (χ0n) is 15.6. The highest BCUT2D eigenvalue weighted by atomic mass is 15.2. The summed E-state index contributed by atoms with van der Waals surface area (Å²) in [5, 5.41) is 3.56. The van der Waals surface area contributed by atoms with E-state index in [1.54, 1.807) is 6.33 Å². The van der Waals surface area contributed by atoms with Crippen molar-refractivity contribution in [2.45, 2.75) is 44.2 Å². The summed E-state index contributed by atoms with van der Waals surface area (Å²) in [6.07, 6.45) is 8.27. The summed E-state index contributed by atoms with van der Waals surface area (Å²) >= 11 is 0. The van der Waals surface area contributed by atoms with Crippen LogP contribution in [0.4, 0.5) is 11.6 Å². The molecule has 1 saturated carbocycles. The first-order valence-corrected chi connectivity index (χ1v) is 9.47. The van der Waals surface area contributed by atoms with E-state index < -0.39 is 0 Å². The van der Waals surface area contributed by atoms with Gasteiger partial charge < -0.3 is 10.2 Å². The van der Waals surface area contributed by atoms with Crippen molar-refractivity contribution in [2.75, 3.05) is 37.4 Å². The molecule has 1 N–H and O–H groups in total. The van der Waals surface area contributed by atoms with E-state index in [-0.39, 0.29) is 0 Å². The highest BCUT2D eigenvalue weighted by molar-refractivity contribution is 5.47. The topological polar surface area (TPSA) is 70.1 Å². The maximum absolute atomic E-state index is 4.75. The minimum absolute atomic E-state index is 0.462. The molecule has 3 heterocycles. The Balaban J connectivity index is 1.29. The number of aromatic nitrogens is 4. The molecule has 2 fully saturated rings. The van der Waals surface area contributed by atoms with Crippen molar-refractivity contribution in [3.63, 3.8) is 0 Å². The summed E-state index contributed by atoms with van der Waals surface area (Å²) < 4.78 is 0. The lowest BCUT2D eigenvalue weighted by Crippen LogP contribution is -2.39. The van der Waals surface area contributed by atoms with Crippen molar-refractivity contribution >= 4 is 11.6 Å². The predicted octanol–water partition coefficient (Wildman–Crippen LogP) is 2.29. The molecule has 1 saturated heterocycles. The Morgan fingerprint density at radius 1 is 1.12 bits per heavy atom. The van der Waals surface area contributed by atoms with E-state index >= 15 is 0 Å². The molecule has 0 radical (unpaired) electrons. The number of rotatable bonds is 6. The molecule has 26 heavy (non-hydrogen) atoms. The molecule has 2 aromatic heterocycles. The van der Waals surface area contributed by atoms with Gasteiger partial charge in [-0.2, -0.15) is 0 Å². The van der Waals surface area contributed by atoms with E-state index in [0.717, 1.165) is 55.6 Å². The van der Waals surface area contributed by atoms with Crippen LogP contribution in [0.1, 0.15) is 43.1 Å². The Labute approximate surface area is 154 Å². The number of anilines is 2. The normalized spacial score (nSPS) is 18.7. The van der Waals surface area contributed by atoms with Crippen LogP contribution in [0.5, 0.6) is 0 Å². The van der Waals surface area contributed by atoms with Crippen LogP contribution in [0.3, 0.4) is 0 Å². The molecule has 4 rings (SSSR count). The maximum atomic E-state index is 4.75. The van der Waals surface area contributed by atoms with Gasteiger partial charge in [0, 0.05) is 58.0 Å². The Morgan fingerprint density at radius 3 is 2.65 bits per heavy atom. The second kappa shape index (κ2) is 7.53. The van der Waals surface area contributed by atoms with Crippen molar-refractivity contribution in [1.29, 1.82) is 0 Å². The summed E-state index contributed by atoms with van der Waals surface area (Å²) in [6.45, 7) is 3.07. The van der Waals surface area contributed by atoms with Gasteiger partial charge in [-0.15, -0.1) is 0 Å². The number of likely N-dealkylation sites (tertiary alicyclic amines) is 1. The van der Waals surface area contributed by atoms with E-state index in [1.807, 2.05) is 31.3 Å². The summed E-state index contributed by atoms with van der Waals surface area (Å²) in [5.74, 6) is 3.49. The first-order valence-electron chi connectivity index (χ1n) is 9.47. The Morgan fingerprint density at radius 2 is 1.92 bits per heavy atom. The van der Waals surface area contributed by atoms with Gasteiger partial charge in [0.25, 0.3) is 0 Å². The summed E-state index contributed by atoms with van der Waals surface area (Å²) in [7, 11) is 3.98. The molecule has 0 amide bonds. The van der Waals surface area contributed by atoms with Gasteiger partial charge in [-0.05, 0) is 31.7 Å². The van der Waals surface area contributed by atoms with Gasteiger partial charge in [0.1, 0.15) is 23.8 Å². The highest BCUT2D eigenvalue weighted by Crippen LogP contribution is 2.37. The van der Waals surface area contributed by atoms with Gasteiger partial charge in [0.05, 0.1) is 5.69 Å². The minimum Gasteiger partial charge on any atom is -0.367 e. The lowest BCUT2D eigenvalue weighted by molar-refractivity contribution is 0.208. The Kier molecular flexibility index (Phi) is 4.97. The summed E-state index contributed by atoms with van der Waals surface area (Å²) in [5.41, 5.74) is 1.15. The van der Waals surface area contributed by atoms with Crippen LogP contribution in [0.25, 0.3) is 0 Å². The van der Waals surface area contributed by atoms with Crippen LogP contribution in [0.2, 0.25) is 0 Å². The van der Waals surface area contributed by atoms with Crippen molar-refractivity contribution in [3.05, 3.63) is 36.2 Å². The largest absolute Gasteiger partial charge is 0.367 e. The predicted molar refractivity (Wildman–Crippen MR) is 102 cm³/mol. The van der Waals surface area contributed by atoms with Crippen LogP contribution in [0.15, 0.2) is 24.7 Å². The molecule has 138 valence electrons. The van der Waals surface area contributed by atoms with Gasteiger partial charge in [0.15, 0.2) is 0 Å². The molecule has 0 spiro atoms. The summed E-state index contributed by atoms with van der Waals surface area (Å²) in [6, 6.07) is 4.52. The molecule has 2 aromatic rings. The average Bonchev–Trinajstić information content (AvgIpc) is 3.49. The monoisotopic (exact) mass is 353 g/mol. The Bertz CT molecular complexity index is 681. The third-order valence-corrected chi connectivity index (χ3v) is 5.11. The fraction of sp³-hybridized carbons (Fsp3) is 0.579. The molecule has 0 aromatic carbocycles. The standard InChI is InChI=1S/C19H27N7/c1-25(2)18-11-17(21-13-22-18)23-15-6-9-26(10-7-15)12-16-5-8-20-19(24-16)14-3-4-14/h5,8,11,13-15H,3-4,6-7,9-10,12H2,1-2H3,(H,21,22,23). The third kappa shape index (κ3) is 4.27. The van der Waals surface area contributed by atoms with Crippen LogP contribution in [-0.4, -0.2) is 58.1 Å². The molecule has 7 nitrogen and oxygen atoms in total. The second-order valence-corrected chi connectivity index (χ2v) is 7.53. The van der Waals surface area contributed by atoms with Gasteiger partial charge in [-0.3, -0.25) is 4.90 Å². The average molecular weight is 353 g/mol. The van der Waals surface area contributed by atoms with Crippen LogP contribution < -0.4 is 10.2 Å². The zero-order chi connectivity index (χ0) is 17.9. The minimum atomic E-state index is 0.462. The van der Waals surface area contributed by atoms with Crippen molar-refractivity contribution < 1.29 is 0 Å². The molecule has 1 aliphatic carbocycles. The second-order valence-electron chi connectivity index (χ2n) is 7.53. The van der Waals surface area contributed by atoms with Gasteiger partial charge in [-0.1, -0.05) is 0 Å². The van der Waals surface area contributed by atoms with Crippen molar-refractivity contribution in [3.8, 4) is 0 Å². The van der Waals surface area contributed by atoms with Crippen molar-refractivity contribution in [1.82, 2.24) is 24.8 Å². The first kappa shape index (κ1) is 17.1. The first-order chi connectivity index (χ1) is 12.7. The van der Waals surface area contributed by atoms with Crippen LogP contribution in [0, 0.1) is 0 Å². The third-order valence-electron chi connectivity index (χ3n) is 5.11. The zero-order valence-corrected chi connectivity index (χ0v) is 15.6. The maximum Gasteiger partial charge on any atom is 0.133 e. The SMILES string of the molecule is CN(C)c1cc(NC2CCN(Cc3ccnc(C4CC4)n3)CC2)ncn1. The number of hydrogen-bond acceptors (Lipinski definition) is 7. The fourth-order valence-corrected chi connectivity index (χ4v) is 3.38. The molecular weight excluding hydrogens is 326 g/mol. The summed E-state index contributed by atoms with van der Waals surface area (Å²) in [4.78, 5) is 22.3. The molecule has 0 atom stereocenters. The lowest BCUT2D eigenvalue weighted by Gasteiger charge is -2.32. The van der Waals surface area contributed by atoms with E-state index in [0.29, 0.717) is 12.0 Å². The molecular formula is C19H27N7. The fourth-order valence-electron chi connectivity index (χ4n) is 3.38. The van der Waals surface area contributed by atoms with Gasteiger partial charge >= 0.3 is 0 Å². The van der Waals surface area contributed by atoms with Gasteiger partial charge in [-0.25, -0.2) is 19.9 Å². The number of hydrogen-bond donors (Lipinski definition) is 1. The lowest BCUT2D eigenvalue weighted by atomic mass is 10.0. The molecule has 0 bridgehead atoms. The van der Waals surface area contributed by atoms with E-state index in [4.69, 9.17) is 4.98 Å². The Hall–Kier alpha value is -2.28. The number of nitrogens with one attached hydrogen (secondary N) is 1. The van der Waals surface area contributed by atoms with Gasteiger partial charge in [0.2, 0.25) is 0 Å². The van der Waals surface area contributed by atoms with Crippen molar-refractivity contribution in [2.24, 2.45) is 0 Å². The number of piperidine rings is 1. The quantitative estimate of drug-likeness (QED) is 0.854. The van der Waals surface area contributed by atoms with E-state index in [1.165, 1.54) is 12.8 Å². The molecule has 0 unspecified atom stereocenters. The number of nitrogens with zero attached hydrogens (tertiary/aromatic N) is 6. The smallest absolute Gasteiger partial charge is 0.133 e. The van der Waals surface area contributed by atoms with E-state index in [2.05, 4.69) is 31.2 Å².